The van der Waals surface area contributed by atoms with Crippen LogP contribution in [0.4, 0.5) is 0 Å². The van der Waals surface area contributed by atoms with E-state index in [9.17, 15) is 4.79 Å². The first-order chi connectivity index (χ1) is 11.2. The van der Waals surface area contributed by atoms with Crippen molar-refractivity contribution < 1.29 is 4.79 Å². The molecule has 2 heterocycles. The molecule has 3 rings (SSSR count). The van der Waals surface area contributed by atoms with E-state index >= 15 is 0 Å². The second-order valence-electron chi connectivity index (χ2n) is 6.16. The average molecular weight is 313 g/mol. The van der Waals surface area contributed by atoms with E-state index in [4.69, 9.17) is 0 Å². The number of benzene rings is 1. The van der Waals surface area contributed by atoms with Crippen molar-refractivity contribution in [3.8, 4) is 0 Å². The minimum atomic E-state index is 0.157. The Balaban J connectivity index is 1.63. The fourth-order valence-electron chi connectivity index (χ4n) is 3.01. The van der Waals surface area contributed by atoms with Crippen molar-refractivity contribution in [2.24, 2.45) is 0 Å². The molecular formula is C17H23N5O. The molecular weight excluding hydrogens is 290 g/mol. The average Bonchev–Trinajstić information content (AvgIpc) is 3.08. The first kappa shape index (κ1) is 15.7. The lowest BCUT2D eigenvalue weighted by atomic mass is 10.1. The van der Waals surface area contributed by atoms with Crippen LogP contribution in [0.2, 0.25) is 0 Å². The van der Waals surface area contributed by atoms with Crippen LogP contribution in [0.15, 0.2) is 30.6 Å². The fraction of sp³-hybridized carbons (Fsp3) is 0.471. The van der Waals surface area contributed by atoms with Crippen LogP contribution in [0.1, 0.15) is 41.0 Å². The molecule has 23 heavy (non-hydrogen) atoms. The lowest BCUT2D eigenvalue weighted by molar-refractivity contribution is 0.0724. The van der Waals surface area contributed by atoms with Crippen molar-refractivity contribution in [3.63, 3.8) is 0 Å². The Morgan fingerprint density at radius 3 is 2.83 bits per heavy atom. The van der Waals surface area contributed by atoms with Crippen LogP contribution in [0.3, 0.4) is 0 Å². The fourth-order valence-corrected chi connectivity index (χ4v) is 3.01. The number of carbonyl (C=O) groups excluding carboxylic acids is 1. The molecule has 1 aliphatic rings. The van der Waals surface area contributed by atoms with Gasteiger partial charge in [0, 0.05) is 25.2 Å². The summed E-state index contributed by atoms with van der Waals surface area (Å²) in [5.74, 6) is 0.998. The van der Waals surface area contributed by atoms with E-state index < -0.39 is 0 Å². The molecule has 6 nitrogen and oxygen atoms in total. The predicted octanol–water partition coefficient (Wildman–Crippen LogP) is 2.06. The first-order valence-corrected chi connectivity index (χ1v) is 8.13. The van der Waals surface area contributed by atoms with Gasteiger partial charge in [0.15, 0.2) is 0 Å². The number of likely N-dealkylation sites (tertiary alicyclic amines) is 1. The molecule has 1 amide bonds. The highest BCUT2D eigenvalue weighted by Crippen LogP contribution is 2.15. The molecule has 1 N–H and O–H groups in total. The minimum Gasteiger partial charge on any atom is -0.339 e. The molecule has 1 saturated heterocycles. The standard InChI is InChI=1S/C17H23N5O/c1-21(12-16-18-13-19-20-16)11-14-6-5-7-15(10-14)17(23)22-8-3-2-4-9-22/h5-7,10,13H,2-4,8-9,11-12H2,1H3,(H,18,19,20). The normalized spacial score (nSPS) is 15.1. The Labute approximate surface area is 136 Å². The van der Waals surface area contributed by atoms with Crippen LogP contribution in [-0.4, -0.2) is 51.0 Å². The number of aromatic nitrogens is 3. The second kappa shape index (κ2) is 7.37. The maximum atomic E-state index is 12.6. The summed E-state index contributed by atoms with van der Waals surface area (Å²) in [7, 11) is 2.03. The summed E-state index contributed by atoms with van der Waals surface area (Å²) in [5.41, 5.74) is 1.92. The van der Waals surface area contributed by atoms with E-state index in [-0.39, 0.29) is 5.91 Å². The molecule has 0 aliphatic carbocycles. The van der Waals surface area contributed by atoms with Crippen molar-refractivity contribution in [1.29, 1.82) is 0 Å². The van der Waals surface area contributed by atoms with Crippen molar-refractivity contribution in [2.45, 2.75) is 32.4 Å². The summed E-state index contributed by atoms with van der Waals surface area (Å²) < 4.78 is 0. The molecule has 122 valence electrons. The number of H-pyrrole nitrogens is 1. The first-order valence-electron chi connectivity index (χ1n) is 8.13. The SMILES string of the molecule is CN(Cc1cccc(C(=O)N2CCCCC2)c1)Cc1ncn[nH]1. The van der Waals surface area contributed by atoms with E-state index in [2.05, 4.69) is 26.1 Å². The third kappa shape index (κ3) is 4.16. The van der Waals surface area contributed by atoms with Gasteiger partial charge in [0.25, 0.3) is 5.91 Å². The number of hydrogen-bond donors (Lipinski definition) is 1. The summed E-state index contributed by atoms with van der Waals surface area (Å²) in [6, 6.07) is 7.95. The largest absolute Gasteiger partial charge is 0.339 e. The summed E-state index contributed by atoms with van der Waals surface area (Å²) >= 11 is 0. The summed E-state index contributed by atoms with van der Waals surface area (Å²) in [6.45, 7) is 3.23. The van der Waals surface area contributed by atoms with Gasteiger partial charge in [-0.3, -0.25) is 14.8 Å². The van der Waals surface area contributed by atoms with Gasteiger partial charge in [-0.1, -0.05) is 12.1 Å². The molecule has 6 heteroatoms. The van der Waals surface area contributed by atoms with Crippen LogP contribution in [0.5, 0.6) is 0 Å². The van der Waals surface area contributed by atoms with Crippen molar-refractivity contribution >= 4 is 5.91 Å². The molecule has 1 aliphatic heterocycles. The van der Waals surface area contributed by atoms with E-state index in [1.165, 1.54) is 12.7 Å². The highest BCUT2D eigenvalue weighted by atomic mass is 16.2. The molecule has 0 spiro atoms. The molecule has 0 radical (unpaired) electrons. The molecule has 0 atom stereocenters. The second-order valence-corrected chi connectivity index (χ2v) is 6.16. The van der Waals surface area contributed by atoms with Crippen LogP contribution < -0.4 is 0 Å². The highest BCUT2D eigenvalue weighted by molar-refractivity contribution is 5.94. The lowest BCUT2D eigenvalue weighted by Crippen LogP contribution is -2.35. The number of nitrogens with zero attached hydrogens (tertiary/aromatic N) is 4. The number of nitrogens with one attached hydrogen (secondary N) is 1. The molecule has 0 unspecified atom stereocenters. The van der Waals surface area contributed by atoms with Crippen LogP contribution in [0.25, 0.3) is 0 Å². The van der Waals surface area contributed by atoms with Gasteiger partial charge in [0.1, 0.15) is 12.2 Å². The van der Waals surface area contributed by atoms with Crippen molar-refractivity contribution in [2.75, 3.05) is 20.1 Å². The van der Waals surface area contributed by atoms with Crippen molar-refractivity contribution in [1.82, 2.24) is 25.0 Å². The lowest BCUT2D eigenvalue weighted by Gasteiger charge is -2.27. The van der Waals surface area contributed by atoms with Gasteiger partial charge in [0.05, 0.1) is 6.54 Å². The highest BCUT2D eigenvalue weighted by Gasteiger charge is 2.18. The van der Waals surface area contributed by atoms with E-state index in [1.54, 1.807) is 0 Å². The van der Waals surface area contributed by atoms with Crippen LogP contribution >= 0.6 is 0 Å². The topological polar surface area (TPSA) is 65.1 Å². The number of hydrogen-bond acceptors (Lipinski definition) is 4. The van der Waals surface area contributed by atoms with Crippen LogP contribution in [-0.2, 0) is 13.1 Å². The monoisotopic (exact) mass is 313 g/mol. The minimum absolute atomic E-state index is 0.157. The molecule has 1 fully saturated rings. The number of amides is 1. The van der Waals surface area contributed by atoms with Gasteiger partial charge in [-0.05, 0) is 44.0 Å². The van der Waals surface area contributed by atoms with Crippen LogP contribution in [0, 0.1) is 0 Å². The van der Waals surface area contributed by atoms with Gasteiger partial charge in [-0.2, -0.15) is 5.10 Å². The van der Waals surface area contributed by atoms with Gasteiger partial charge in [-0.25, -0.2) is 4.98 Å². The summed E-state index contributed by atoms with van der Waals surface area (Å²) in [4.78, 5) is 20.8. The number of carbonyl (C=O) groups is 1. The molecule has 0 bridgehead atoms. The molecule has 0 saturated carbocycles. The van der Waals surface area contributed by atoms with Gasteiger partial charge < -0.3 is 4.90 Å². The number of aromatic amines is 1. The Hall–Kier alpha value is -2.21. The van der Waals surface area contributed by atoms with E-state index in [1.807, 2.05) is 30.1 Å². The Morgan fingerprint density at radius 2 is 2.09 bits per heavy atom. The summed E-state index contributed by atoms with van der Waals surface area (Å²) in [6.07, 6.45) is 4.98. The van der Waals surface area contributed by atoms with Gasteiger partial charge >= 0.3 is 0 Å². The smallest absolute Gasteiger partial charge is 0.253 e. The third-order valence-electron chi connectivity index (χ3n) is 4.15. The molecule has 1 aromatic heterocycles. The predicted molar refractivity (Wildman–Crippen MR) is 87.8 cm³/mol. The Bertz CT molecular complexity index is 634. The number of piperidine rings is 1. The van der Waals surface area contributed by atoms with Gasteiger partial charge in [-0.15, -0.1) is 0 Å². The maximum absolute atomic E-state index is 12.6. The zero-order valence-electron chi connectivity index (χ0n) is 13.5. The molecule has 2 aromatic rings. The Kier molecular flexibility index (Phi) is 5.02. The zero-order chi connectivity index (χ0) is 16.1. The van der Waals surface area contributed by atoms with E-state index in [0.717, 1.165) is 49.4 Å². The van der Waals surface area contributed by atoms with Crippen molar-refractivity contribution in [3.05, 3.63) is 47.5 Å². The quantitative estimate of drug-likeness (QED) is 0.917. The van der Waals surface area contributed by atoms with E-state index in [0.29, 0.717) is 6.54 Å². The molecule has 1 aromatic carbocycles. The number of rotatable bonds is 5. The summed E-state index contributed by atoms with van der Waals surface area (Å²) in [5, 5.41) is 6.72. The Morgan fingerprint density at radius 1 is 1.26 bits per heavy atom. The zero-order valence-corrected chi connectivity index (χ0v) is 13.5. The third-order valence-corrected chi connectivity index (χ3v) is 4.15. The maximum Gasteiger partial charge on any atom is 0.253 e. The van der Waals surface area contributed by atoms with Gasteiger partial charge in [0.2, 0.25) is 0 Å².